The Labute approximate surface area is 210 Å². The molecule has 5 aromatic rings. The van der Waals surface area contributed by atoms with E-state index in [1.165, 1.54) is 24.3 Å². The van der Waals surface area contributed by atoms with Crippen LogP contribution in [0.5, 0.6) is 0 Å². The lowest BCUT2D eigenvalue weighted by molar-refractivity contribution is -0.137. The minimum atomic E-state index is -4.56. The lowest BCUT2D eigenvalue weighted by Gasteiger charge is -2.15. The highest BCUT2D eigenvalue weighted by Crippen LogP contribution is 2.41. The Kier molecular flexibility index (Phi) is 6.95. The van der Waals surface area contributed by atoms with Gasteiger partial charge < -0.3 is 26.5 Å². The number of halogens is 6. The molecule has 0 saturated carbocycles. The predicted molar refractivity (Wildman–Crippen MR) is 132 cm³/mol. The van der Waals surface area contributed by atoms with Crippen molar-refractivity contribution in [1.29, 1.82) is 0 Å². The van der Waals surface area contributed by atoms with Gasteiger partial charge in [-0.3, -0.25) is 0 Å². The fourth-order valence-electron chi connectivity index (χ4n) is 4.04. The summed E-state index contributed by atoms with van der Waals surface area (Å²) in [6.45, 7) is 0. The molecule has 2 heterocycles. The third kappa shape index (κ3) is 5.22. The summed E-state index contributed by atoms with van der Waals surface area (Å²) in [6.07, 6.45) is -7.38. The van der Waals surface area contributed by atoms with E-state index in [0.29, 0.717) is 16.5 Å². The van der Waals surface area contributed by atoms with E-state index < -0.39 is 36.1 Å². The molecule has 38 heavy (non-hydrogen) atoms. The molecular weight excluding hydrogens is 515 g/mol. The van der Waals surface area contributed by atoms with E-state index in [0.717, 1.165) is 23.6 Å². The molecule has 14 heteroatoms. The quantitative estimate of drug-likeness (QED) is 0.169. The van der Waals surface area contributed by atoms with Crippen molar-refractivity contribution in [1.82, 2.24) is 15.0 Å². The summed E-state index contributed by atoms with van der Waals surface area (Å²) < 4.78 is 76.9. The van der Waals surface area contributed by atoms with Crippen LogP contribution in [0.1, 0.15) is 11.1 Å². The Balaban J connectivity index is 0.000000219. The first kappa shape index (κ1) is 26.8. The van der Waals surface area contributed by atoms with Crippen LogP contribution in [0.3, 0.4) is 0 Å². The first-order chi connectivity index (χ1) is 17.8. The molecule has 0 saturated heterocycles. The summed E-state index contributed by atoms with van der Waals surface area (Å²) in [7, 11) is -2.10. The van der Waals surface area contributed by atoms with Crippen LogP contribution in [-0.2, 0) is 12.4 Å². The van der Waals surface area contributed by atoms with Crippen molar-refractivity contribution in [2.24, 2.45) is 0 Å². The average molecular weight is 533 g/mol. The third-order valence-corrected chi connectivity index (χ3v) is 5.61. The zero-order valence-electron chi connectivity index (χ0n) is 19.1. The number of hydrogen-bond acceptors (Lipinski definition) is 6. The smallest absolute Gasteiger partial charge is 0.423 e. The number of rotatable bonds is 2. The number of nitrogens with one attached hydrogen (secondary N) is 1. The van der Waals surface area contributed by atoms with Crippen LogP contribution in [0.2, 0.25) is 0 Å². The minimum Gasteiger partial charge on any atom is -0.423 e. The molecule has 2 aromatic heterocycles. The van der Waals surface area contributed by atoms with Crippen LogP contribution in [0, 0.1) is 0 Å². The molecule has 0 radical (unpaired) electrons. The molecule has 7 N–H and O–H groups in total. The van der Waals surface area contributed by atoms with E-state index in [4.69, 9.17) is 21.5 Å². The van der Waals surface area contributed by atoms with E-state index in [1.807, 2.05) is 0 Å². The molecule has 196 valence electrons. The molecule has 5 rings (SSSR count). The van der Waals surface area contributed by atoms with Gasteiger partial charge in [-0.15, -0.1) is 0 Å². The largest absolute Gasteiger partial charge is 0.489 e. The molecule has 0 bridgehead atoms. The van der Waals surface area contributed by atoms with Crippen LogP contribution < -0.4 is 16.9 Å². The van der Waals surface area contributed by atoms with Gasteiger partial charge in [0.15, 0.2) is 0 Å². The van der Waals surface area contributed by atoms with Crippen LogP contribution in [-0.4, -0.2) is 32.1 Å². The van der Waals surface area contributed by atoms with Gasteiger partial charge in [-0.25, -0.2) is 4.98 Å². The van der Waals surface area contributed by atoms with Gasteiger partial charge in [-0.05, 0) is 29.2 Å². The topological polar surface area (TPSA) is 134 Å². The second-order valence-electron chi connectivity index (χ2n) is 8.06. The highest BCUT2D eigenvalue weighted by atomic mass is 19.4. The number of benzene rings is 3. The summed E-state index contributed by atoms with van der Waals surface area (Å²) in [5.74, 6) is 0.0315. The number of hydrogen-bond donors (Lipinski definition) is 5. The highest BCUT2D eigenvalue weighted by Gasteiger charge is 2.36. The molecule has 3 aromatic carbocycles. The van der Waals surface area contributed by atoms with Crippen LogP contribution in [0.15, 0.2) is 66.9 Å². The standard InChI is InChI=1S/C17H12F3N5.C7H6BF3O2/c18-17(19,20)11-4-2-1-3-8(11)10-7-12-9(5-6-23-12)13-14(10)24-16(22)25-15(13)21;9-7(10,11)5-3-1-2-4-6(5)8(12)13/h1-7,23H,(H4,21,22,24,25);1-4,12-13H. The molecule has 0 unspecified atom stereocenters. The molecule has 7 nitrogen and oxygen atoms in total. The van der Waals surface area contributed by atoms with E-state index in [1.54, 1.807) is 24.4 Å². The van der Waals surface area contributed by atoms with Crippen LogP contribution in [0.4, 0.5) is 38.1 Å². The number of nitrogens with two attached hydrogens (primary N) is 2. The molecule has 0 atom stereocenters. The minimum absolute atomic E-state index is 0.00833. The number of alkyl halides is 6. The van der Waals surface area contributed by atoms with Crippen LogP contribution >= 0.6 is 0 Å². The number of nitrogen functional groups attached to an aromatic ring is 2. The van der Waals surface area contributed by atoms with Crippen molar-refractivity contribution >= 4 is 46.2 Å². The molecule has 0 amide bonds. The van der Waals surface area contributed by atoms with Gasteiger partial charge >= 0.3 is 19.5 Å². The molecule has 0 spiro atoms. The Morgan fingerprint density at radius 3 is 1.97 bits per heavy atom. The van der Waals surface area contributed by atoms with Gasteiger partial charge in [0, 0.05) is 22.7 Å². The van der Waals surface area contributed by atoms with Crippen molar-refractivity contribution in [3.05, 3.63) is 78.0 Å². The number of nitrogens with zero attached hydrogens (tertiary/aromatic N) is 2. The SMILES string of the molecule is Nc1nc(N)c2c(n1)c(-c1ccccc1C(F)(F)F)cc1[nH]ccc12.OB(O)c1ccccc1C(F)(F)F. The fraction of sp³-hybridized carbons (Fsp3) is 0.0833. The first-order valence-electron chi connectivity index (χ1n) is 10.8. The second-order valence-corrected chi connectivity index (χ2v) is 8.06. The second kappa shape index (κ2) is 9.87. The van der Waals surface area contributed by atoms with Gasteiger partial charge in [0.1, 0.15) is 5.82 Å². The van der Waals surface area contributed by atoms with Crippen molar-refractivity contribution in [3.63, 3.8) is 0 Å². The van der Waals surface area contributed by atoms with Crippen LogP contribution in [0.25, 0.3) is 32.9 Å². The Morgan fingerprint density at radius 2 is 1.37 bits per heavy atom. The average Bonchev–Trinajstić information content (AvgIpc) is 3.31. The molecule has 0 aliphatic heterocycles. The van der Waals surface area contributed by atoms with E-state index in [2.05, 4.69) is 15.0 Å². The zero-order chi connectivity index (χ0) is 27.8. The number of H-pyrrole nitrogens is 1. The fourth-order valence-corrected chi connectivity index (χ4v) is 4.04. The van der Waals surface area contributed by atoms with Gasteiger partial charge in [0.25, 0.3) is 0 Å². The van der Waals surface area contributed by atoms with Gasteiger partial charge in [0.05, 0.1) is 22.0 Å². The summed E-state index contributed by atoms with van der Waals surface area (Å²) in [5.41, 5.74) is 10.6. The summed E-state index contributed by atoms with van der Waals surface area (Å²) in [6, 6.07) is 13.0. The molecule has 0 fully saturated rings. The van der Waals surface area contributed by atoms with Crippen molar-refractivity contribution < 1.29 is 36.4 Å². The van der Waals surface area contributed by atoms with E-state index >= 15 is 0 Å². The summed E-state index contributed by atoms with van der Waals surface area (Å²) in [4.78, 5) is 11.1. The van der Waals surface area contributed by atoms with Gasteiger partial charge in [0.2, 0.25) is 5.95 Å². The van der Waals surface area contributed by atoms with Crippen molar-refractivity contribution in [2.75, 3.05) is 11.5 Å². The molecular formula is C24H18BF6N5O2. The van der Waals surface area contributed by atoms with Crippen molar-refractivity contribution in [3.8, 4) is 11.1 Å². The third-order valence-electron chi connectivity index (χ3n) is 5.61. The first-order valence-corrected chi connectivity index (χ1v) is 10.8. The Morgan fingerprint density at radius 1 is 0.763 bits per heavy atom. The molecule has 0 aliphatic carbocycles. The van der Waals surface area contributed by atoms with Crippen molar-refractivity contribution in [2.45, 2.75) is 12.4 Å². The zero-order valence-corrected chi connectivity index (χ0v) is 19.1. The normalized spacial score (nSPS) is 11.9. The Hall–Kier alpha value is -4.30. The molecule has 0 aliphatic rings. The number of anilines is 2. The van der Waals surface area contributed by atoms with E-state index in [-0.39, 0.29) is 22.8 Å². The predicted octanol–water partition coefficient (Wildman–Crippen LogP) is 4.35. The van der Waals surface area contributed by atoms with E-state index in [9.17, 15) is 26.3 Å². The van der Waals surface area contributed by atoms with Gasteiger partial charge in [-0.1, -0.05) is 42.5 Å². The lowest BCUT2D eigenvalue weighted by Crippen LogP contribution is -2.35. The monoisotopic (exact) mass is 533 g/mol. The Bertz CT molecular complexity index is 1620. The maximum absolute atomic E-state index is 13.5. The maximum Gasteiger partial charge on any atom is 0.489 e. The summed E-state index contributed by atoms with van der Waals surface area (Å²) in [5, 5.41) is 18.4. The highest BCUT2D eigenvalue weighted by molar-refractivity contribution is 6.59. The maximum atomic E-state index is 13.5. The lowest BCUT2D eigenvalue weighted by atomic mass is 9.77. The summed E-state index contributed by atoms with van der Waals surface area (Å²) >= 11 is 0. The number of fused-ring (bicyclic) bond motifs is 3. The number of aromatic amines is 1. The van der Waals surface area contributed by atoms with Gasteiger partial charge in [-0.2, -0.15) is 31.3 Å². The number of aromatic nitrogens is 3.